The Balaban J connectivity index is 1.23. The molecular formula is C45H50N2O4. The number of carbonyl (C=O) groups is 4. The summed E-state index contributed by atoms with van der Waals surface area (Å²) >= 11 is 0. The molecular weight excluding hydrogens is 633 g/mol. The van der Waals surface area contributed by atoms with E-state index in [1.807, 2.05) is 55.5 Å². The van der Waals surface area contributed by atoms with E-state index in [4.69, 9.17) is 0 Å². The summed E-state index contributed by atoms with van der Waals surface area (Å²) in [5.74, 6) is -0.467. The number of rotatable bonds is 13. The van der Waals surface area contributed by atoms with Crippen LogP contribution < -0.4 is 0 Å². The number of amides is 4. The van der Waals surface area contributed by atoms with Crippen LogP contribution in [0.5, 0.6) is 0 Å². The van der Waals surface area contributed by atoms with E-state index in [9.17, 15) is 19.2 Å². The molecule has 5 aromatic rings. The first-order valence-electron chi connectivity index (χ1n) is 19.8. The molecule has 0 bridgehead atoms. The van der Waals surface area contributed by atoms with Gasteiger partial charge in [0, 0.05) is 45.1 Å². The van der Waals surface area contributed by atoms with Crippen molar-refractivity contribution in [3.05, 3.63) is 70.8 Å². The number of fused-ring (bicyclic) bond motifs is 2. The molecule has 0 N–H and O–H groups in total. The molecule has 0 unspecified atom stereocenters. The summed E-state index contributed by atoms with van der Waals surface area (Å²) < 4.78 is 0. The normalized spacial score (nSPS) is 17.4. The van der Waals surface area contributed by atoms with Gasteiger partial charge in [-0.1, -0.05) is 109 Å². The molecule has 0 spiro atoms. The summed E-state index contributed by atoms with van der Waals surface area (Å²) in [6.07, 6.45) is 16.1. The van der Waals surface area contributed by atoms with Crippen LogP contribution in [0.1, 0.15) is 159 Å². The Morgan fingerprint density at radius 1 is 0.510 bits per heavy atom. The summed E-state index contributed by atoms with van der Waals surface area (Å²) in [6, 6.07) is 15.4. The quantitative estimate of drug-likeness (QED) is 0.0536. The van der Waals surface area contributed by atoms with E-state index in [0.717, 1.165) is 133 Å². The molecule has 1 aliphatic carbocycles. The molecule has 0 radical (unpaired) electrons. The Kier molecular flexibility index (Phi) is 9.06. The molecule has 2 heterocycles. The molecule has 1 atom stereocenters. The molecule has 4 amide bonds. The third kappa shape index (κ3) is 5.35. The summed E-state index contributed by atoms with van der Waals surface area (Å²) in [7, 11) is 0. The number of imide groups is 2. The first kappa shape index (κ1) is 33.8. The zero-order valence-corrected chi connectivity index (χ0v) is 30.5. The second-order valence-electron chi connectivity index (χ2n) is 15.6. The fourth-order valence-corrected chi connectivity index (χ4v) is 9.85. The summed E-state index contributed by atoms with van der Waals surface area (Å²) in [4.78, 5) is 60.3. The van der Waals surface area contributed by atoms with Gasteiger partial charge in [0.05, 0.1) is 0 Å². The molecule has 2 aliphatic heterocycles. The smallest absolute Gasteiger partial charge is 0.261 e. The molecule has 6 nitrogen and oxygen atoms in total. The molecule has 5 aromatic carbocycles. The number of benzene rings is 5. The van der Waals surface area contributed by atoms with Crippen molar-refractivity contribution in [3.63, 3.8) is 0 Å². The predicted octanol–water partition coefficient (Wildman–Crippen LogP) is 11.2. The number of carbonyl (C=O) groups excluding carboxylic acids is 4. The second-order valence-corrected chi connectivity index (χ2v) is 15.6. The Labute approximate surface area is 300 Å². The third-order valence-corrected chi connectivity index (χ3v) is 12.6. The minimum atomic E-state index is -0.208. The first-order valence-corrected chi connectivity index (χ1v) is 19.8. The zero-order chi connectivity index (χ0) is 35.4. The molecule has 264 valence electrons. The Hall–Kier alpha value is -4.32. The first-order chi connectivity index (χ1) is 24.9. The van der Waals surface area contributed by atoms with Gasteiger partial charge in [0.2, 0.25) is 0 Å². The van der Waals surface area contributed by atoms with Gasteiger partial charge in [0.25, 0.3) is 23.6 Å². The zero-order valence-electron chi connectivity index (χ0n) is 30.5. The van der Waals surface area contributed by atoms with Crippen molar-refractivity contribution in [3.8, 4) is 0 Å². The molecule has 8 rings (SSSR count). The van der Waals surface area contributed by atoms with E-state index in [0.29, 0.717) is 28.2 Å². The van der Waals surface area contributed by atoms with Crippen molar-refractivity contribution in [1.29, 1.82) is 0 Å². The molecule has 1 fully saturated rings. The molecule has 3 aliphatic rings. The van der Waals surface area contributed by atoms with E-state index < -0.39 is 0 Å². The van der Waals surface area contributed by atoms with Crippen molar-refractivity contribution in [2.75, 3.05) is 0 Å². The van der Waals surface area contributed by atoms with E-state index in [2.05, 4.69) is 13.8 Å². The highest BCUT2D eigenvalue weighted by molar-refractivity contribution is 6.41. The van der Waals surface area contributed by atoms with Crippen molar-refractivity contribution in [2.24, 2.45) is 5.92 Å². The average Bonchev–Trinajstić information content (AvgIpc) is 3.15. The van der Waals surface area contributed by atoms with Crippen LogP contribution >= 0.6 is 0 Å². The highest BCUT2D eigenvalue weighted by Gasteiger charge is 2.41. The highest BCUT2D eigenvalue weighted by atomic mass is 16.2. The lowest BCUT2D eigenvalue weighted by Crippen LogP contribution is -2.49. The summed E-state index contributed by atoms with van der Waals surface area (Å²) in [5.41, 5.74) is 2.33. The lowest BCUT2D eigenvalue weighted by Gasteiger charge is -2.38. The molecule has 51 heavy (non-hydrogen) atoms. The fourth-order valence-electron chi connectivity index (χ4n) is 9.85. The monoisotopic (exact) mass is 682 g/mol. The van der Waals surface area contributed by atoms with Gasteiger partial charge in [-0.2, -0.15) is 0 Å². The molecule has 0 saturated heterocycles. The molecule has 0 aromatic heterocycles. The number of nitrogens with zero attached hydrogens (tertiary/aromatic N) is 2. The number of hydrogen-bond acceptors (Lipinski definition) is 4. The minimum Gasteiger partial charge on any atom is -0.271 e. The predicted molar refractivity (Wildman–Crippen MR) is 206 cm³/mol. The topological polar surface area (TPSA) is 74.8 Å². The second kappa shape index (κ2) is 13.7. The fraction of sp³-hybridized carbons (Fsp3) is 0.467. The molecule has 6 heteroatoms. The minimum absolute atomic E-state index is 0.110. The maximum Gasteiger partial charge on any atom is 0.261 e. The molecule has 1 saturated carbocycles. The Morgan fingerprint density at radius 3 is 1.29 bits per heavy atom. The van der Waals surface area contributed by atoms with E-state index in [1.165, 1.54) is 11.3 Å². The lowest BCUT2D eigenvalue weighted by atomic mass is 9.80. The number of hydrogen-bond donors (Lipinski definition) is 0. The SMILES string of the molecule is CCCCCCC(CCCCCC)N1C(=O)c2ccc3c4ccc5c6c(ccc(c7ccc(c2c37)C1=O)c64)C(=O)N([C@H](C)C1CCCCC1)C5=O. The van der Waals surface area contributed by atoms with Crippen LogP contribution in [0.25, 0.3) is 43.1 Å². The Morgan fingerprint density at radius 2 is 0.902 bits per heavy atom. The van der Waals surface area contributed by atoms with Gasteiger partial charge >= 0.3 is 0 Å². The maximum absolute atomic E-state index is 14.4. The van der Waals surface area contributed by atoms with Crippen LogP contribution in [0.3, 0.4) is 0 Å². The van der Waals surface area contributed by atoms with Crippen LogP contribution in [-0.2, 0) is 0 Å². The summed E-state index contributed by atoms with van der Waals surface area (Å²) in [6.45, 7) is 6.44. The van der Waals surface area contributed by atoms with Crippen molar-refractivity contribution >= 4 is 66.7 Å². The van der Waals surface area contributed by atoms with Gasteiger partial charge in [-0.25, -0.2) is 0 Å². The van der Waals surface area contributed by atoms with Gasteiger partial charge in [0.1, 0.15) is 0 Å². The van der Waals surface area contributed by atoms with E-state index >= 15 is 0 Å². The van der Waals surface area contributed by atoms with Crippen LogP contribution in [-0.4, -0.2) is 45.5 Å². The van der Waals surface area contributed by atoms with Crippen molar-refractivity contribution < 1.29 is 19.2 Å². The van der Waals surface area contributed by atoms with Crippen LogP contribution in [0, 0.1) is 5.92 Å². The van der Waals surface area contributed by atoms with Crippen molar-refractivity contribution in [2.45, 2.75) is 129 Å². The highest BCUT2D eigenvalue weighted by Crippen LogP contribution is 2.47. The van der Waals surface area contributed by atoms with E-state index in [1.54, 1.807) is 4.90 Å². The Bertz CT molecular complexity index is 2060. The maximum atomic E-state index is 14.4. The van der Waals surface area contributed by atoms with Crippen molar-refractivity contribution in [1.82, 2.24) is 9.80 Å². The van der Waals surface area contributed by atoms with Crippen LogP contribution in [0.15, 0.2) is 48.5 Å². The van der Waals surface area contributed by atoms with Crippen LogP contribution in [0.2, 0.25) is 0 Å². The number of unbranched alkanes of at least 4 members (excludes halogenated alkanes) is 6. The van der Waals surface area contributed by atoms with Gasteiger partial charge in [-0.15, -0.1) is 0 Å². The third-order valence-electron chi connectivity index (χ3n) is 12.6. The van der Waals surface area contributed by atoms with Gasteiger partial charge in [0.15, 0.2) is 0 Å². The van der Waals surface area contributed by atoms with Gasteiger partial charge in [-0.05, 0) is 95.1 Å². The van der Waals surface area contributed by atoms with Gasteiger partial charge in [-0.3, -0.25) is 29.0 Å². The van der Waals surface area contributed by atoms with E-state index in [-0.39, 0.29) is 35.7 Å². The lowest BCUT2D eigenvalue weighted by molar-refractivity contribution is 0.0470. The average molecular weight is 683 g/mol. The van der Waals surface area contributed by atoms with Gasteiger partial charge < -0.3 is 0 Å². The standard InChI is InChI=1S/C45H50N2O4/c1-4-6-8-13-17-29(18-14-9-7-5-2)47-44(50)36-25-21-32-30-19-23-34-40-35(43(49)46(42(34)48)27(3)28-15-11-10-12-16-28)24-20-31(38(30)40)33-22-26-37(45(47)51)41(36)39(32)33/h19-29H,4-18H2,1-3H3/t27-/m1/s1. The summed E-state index contributed by atoms with van der Waals surface area (Å²) in [5, 5.41) is 7.00. The van der Waals surface area contributed by atoms with Crippen LogP contribution in [0.4, 0.5) is 0 Å². The largest absolute Gasteiger partial charge is 0.271 e.